The van der Waals surface area contributed by atoms with Crippen molar-refractivity contribution in [2.75, 3.05) is 16.0 Å². The van der Waals surface area contributed by atoms with Gasteiger partial charge in [0.15, 0.2) is 0 Å². The normalized spacial score (nSPS) is 13.8. The highest BCUT2D eigenvalue weighted by molar-refractivity contribution is 6.35. The molecule has 37 heavy (non-hydrogen) atoms. The number of halogens is 3. The summed E-state index contributed by atoms with van der Waals surface area (Å²) < 4.78 is 40.2. The molecule has 7 nitrogen and oxygen atoms in total. The summed E-state index contributed by atoms with van der Waals surface area (Å²) in [6.07, 6.45) is 0.170. The number of amides is 2. The number of aromatic amines is 1. The maximum Gasteiger partial charge on any atom is 0.416 e. The number of fused-ring (bicyclic) bond motifs is 1. The summed E-state index contributed by atoms with van der Waals surface area (Å²) in [5.74, 6) is -1.04. The second-order valence-corrected chi connectivity index (χ2v) is 7.74. The number of nitrogens with one attached hydrogen (secondary N) is 4. The van der Waals surface area contributed by atoms with E-state index in [0.29, 0.717) is 28.2 Å². The van der Waals surface area contributed by atoms with Crippen molar-refractivity contribution in [1.82, 2.24) is 4.98 Å². The molecule has 0 saturated carbocycles. The molecule has 0 radical (unpaired) electrons. The van der Waals surface area contributed by atoms with Gasteiger partial charge in [0.25, 0.3) is 11.8 Å². The lowest BCUT2D eigenvalue weighted by molar-refractivity contribution is -0.137. The standard InChI is InChI=1S/C25H20F3N5O2.C2H6/c1-14(29-2)13-31-19-9-15(8-16(10-19)25(26,27)28)23(34)32-18-5-6-20-21(11-17-4-3-7-30-17)24(35)33-22(20)12-18;1-2/h3-13,30-31H,2H2,1H3,(H,32,34)(H,33,35);1-2H3/b14-13-,21-11-;. The van der Waals surface area contributed by atoms with Crippen molar-refractivity contribution in [1.29, 1.82) is 0 Å². The summed E-state index contributed by atoms with van der Waals surface area (Å²) >= 11 is 0. The van der Waals surface area contributed by atoms with Gasteiger partial charge in [-0.3, -0.25) is 14.6 Å². The Labute approximate surface area is 212 Å². The third kappa shape index (κ3) is 6.54. The lowest BCUT2D eigenvalue weighted by Crippen LogP contribution is -2.15. The number of carbonyl (C=O) groups is 2. The number of hydrogen-bond acceptors (Lipinski definition) is 4. The molecule has 0 atom stereocenters. The molecule has 2 aromatic carbocycles. The molecular formula is C27H26F3N5O2. The minimum absolute atomic E-state index is 0.0632. The number of alkyl halides is 3. The van der Waals surface area contributed by atoms with Gasteiger partial charge in [0.2, 0.25) is 0 Å². The van der Waals surface area contributed by atoms with E-state index in [1.807, 2.05) is 19.9 Å². The van der Waals surface area contributed by atoms with E-state index in [0.717, 1.165) is 17.8 Å². The topological polar surface area (TPSA) is 98.4 Å². The first-order valence-corrected chi connectivity index (χ1v) is 11.4. The molecule has 3 aromatic rings. The lowest BCUT2D eigenvalue weighted by Gasteiger charge is -2.13. The van der Waals surface area contributed by atoms with Crippen molar-refractivity contribution in [2.24, 2.45) is 4.99 Å². The molecule has 4 rings (SSSR count). The van der Waals surface area contributed by atoms with Crippen LogP contribution in [0.1, 0.15) is 48.0 Å². The van der Waals surface area contributed by atoms with Crippen molar-refractivity contribution in [3.05, 3.63) is 89.0 Å². The van der Waals surface area contributed by atoms with Crippen molar-refractivity contribution >= 4 is 47.2 Å². The van der Waals surface area contributed by atoms with Gasteiger partial charge in [-0.25, -0.2) is 0 Å². The SMILES string of the molecule is C=N/C(C)=C\Nc1cc(C(=O)Nc2ccc3c(c2)NC(=O)/C3=C\c2ccc[nH]2)cc(C(F)(F)F)c1.CC. The minimum Gasteiger partial charge on any atom is -0.362 e. The molecule has 0 fully saturated rings. The van der Waals surface area contributed by atoms with Gasteiger partial charge in [-0.05, 0) is 62.2 Å². The number of rotatable bonds is 6. The molecule has 0 aliphatic carbocycles. The Balaban J connectivity index is 0.00000186. The molecule has 4 N–H and O–H groups in total. The van der Waals surface area contributed by atoms with Gasteiger partial charge >= 0.3 is 6.18 Å². The molecule has 192 valence electrons. The summed E-state index contributed by atoms with van der Waals surface area (Å²) in [5, 5.41) is 8.02. The number of H-pyrrole nitrogens is 1. The van der Waals surface area contributed by atoms with Crippen LogP contribution in [-0.2, 0) is 11.0 Å². The van der Waals surface area contributed by atoms with Crippen molar-refractivity contribution in [3.63, 3.8) is 0 Å². The first-order chi connectivity index (χ1) is 17.6. The number of aliphatic imine (C=N–C) groups is 1. The molecule has 1 aliphatic heterocycles. The molecular weight excluding hydrogens is 483 g/mol. The first kappa shape index (κ1) is 27.0. The van der Waals surface area contributed by atoms with E-state index in [2.05, 4.69) is 32.6 Å². The summed E-state index contributed by atoms with van der Waals surface area (Å²) in [4.78, 5) is 31.9. The number of benzene rings is 2. The van der Waals surface area contributed by atoms with E-state index in [9.17, 15) is 22.8 Å². The molecule has 10 heteroatoms. The van der Waals surface area contributed by atoms with Crippen LogP contribution in [0.2, 0.25) is 0 Å². The third-order valence-corrected chi connectivity index (χ3v) is 5.20. The van der Waals surface area contributed by atoms with Gasteiger partial charge in [0, 0.05) is 40.6 Å². The zero-order chi connectivity index (χ0) is 27.2. The van der Waals surface area contributed by atoms with Crippen molar-refractivity contribution in [3.8, 4) is 0 Å². The lowest BCUT2D eigenvalue weighted by atomic mass is 10.0. The second-order valence-electron chi connectivity index (χ2n) is 7.74. The molecule has 0 saturated heterocycles. The number of carbonyl (C=O) groups excluding carboxylic acids is 2. The Hall–Kier alpha value is -4.60. The fraction of sp³-hybridized carbons (Fsp3) is 0.148. The van der Waals surface area contributed by atoms with E-state index < -0.39 is 17.6 Å². The molecule has 2 heterocycles. The molecule has 1 aliphatic rings. The fourth-order valence-corrected chi connectivity index (χ4v) is 3.45. The zero-order valence-electron chi connectivity index (χ0n) is 20.5. The Bertz CT molecular complexity index is 1370. The average Bonchev–Trinajstić information content (AvgIpc) is 3.50. The van der Waals surface area contributed by atoms with E-state index in [1.54, 1.807) is 43.5 Å². The van der Waals surface area contributed by atoms with Gasteiger partial charge < -0.3 is 20.9 Å². The van der Waals surface area contributed by atoms with Gasteiger partial charge in [-0.1, -0.05) is 19.9 Å². The van der Waals surface area contributed by atoms with Crippen LogP contribution in [0.15, 0.2) is 71.6 Å². The highest BCUT2D eigenvalue weighted by atomic mass is 19.4. The van der Waals surface area contributed by atoms with Gasteiger partial charge in [-0.15, -0.1) is 0 Å². The predicted octanol–water partition coefficient (Wildman–Crippen LogP) is 6.78. The quantitative estimate of drug-likeness (QED) is 0.218. The molecule has 0 bridgehead atoms. The van der Waals surface area contributed by atoms with Gasteiger partial charge in [0.1, 0.15) is 0 Å². The highest BCUT2D eigenvalue weighted by Gasteiger charge is 2.32. The Morgan fingerprint density at radius 2 is 1.84 bits per heavy atom. The molecule has 0 unspecified atom stereocenters. The highest BCUT2D eigenvalue weighted by Crippen LogP contribution is 2.36. The van der Waals surface area contributed by atoms with Crippen LogP contribution in [0.25, 0.3) is 11.6 Å². The monoisotopic (exact) mass is 509 g/mol. The van der Waals surface area contributed by atoms with Crippen LogP contribution in [0.3, 0.4) is 0 Å². The van der Waals surface area contributed by atoms with E-state index in [4.69, 9.17) is 0 Å². The van der Waals surface area contributed by atoms with Crippen LogP contribution < -0.4 is 16.0 Å². The Morgan fingerprint density at radius 1 is 1.08 bits per heavy atom. The molecule has 0 spiro atoms. The summed E-state index contributed by atoms with van der Waals surface area (Å²) in [6, 6.07) is 11.4. The number of aromatic nitrogens is 1. The first-order valence-electron chi connectivity index (χ1n) is 11.4. The number of nitrogens with zero attached hydrogens (tertiary/aromatic N) is 1. The maximum atomic E-state index is 13.4. The average molecular weight is 510 g/mol. The largest absolute Gasteiger partial charge is 0.416 e. The van der Waals surface area contributed by atoms with E-state index in [-0.39, 0.29) is 17.2 Å². The van der Waals surface area contributed by atoms with Crippen LogP contribution >= 0.6 is 0 Å². The van der Waals surface area contributed by atoms with Crippen molar-refractivity contribution in [2.45, 2.75) is 26.9 Å². The van der Waals surface area contributed by atoms with E-state index >= 15 is 0 Å². The summed E-state index contributed by atoms with van der Waals surface area (Å²) in [7, 11) is 0. The van der Waals surface area contributed by atoms with Crippen LogP contribution in [0.5, 0.6) is 0 Å². The van der Waals surface area contributed by atoms with Gasteiger partial charge in [-0.2, -0.15) is 13.2 Å². The second kappa shape index (κ2) is 11.4. The van der Waals surface area contributed by atoms with Crippen LogP contribution in [-0.4, -0.2) is 23.5 Å². The van der Waals surface area contributed by atoms with Crippen LogP contribution in [0.4, 0.5) is 30.2 Å². The Kier molecular flexibility index (Phi) is 8.33. The van der Waals surface area contributed by atoms with Crippen molar-refractivity contribution < 1.29 is 22.8 Å². The summed E-state index contributed by atoms with van der Waals surface area (Å²) in [5.41, 5.74) is 1.98. The summed E-state index contributed by atoms with van der Waals surface area (Å²) in [6.45, 7) is 8.96. The fourth-order valence-electron chi connectivity index (χ4n) is 3.45. The zero-order valence-corrected chi connectivity index (χ0v) is 20.5. The van der Waals surface area contributed by atoms with Gasteiger partial charge in [0.05, 0.1) is 22.5 Å². The number of anilines is 3. The predicted molar refractivity (Wildman–Crippen MR) is 141 cm³/mol. The molecule has 2 amide bonds. The smallest absolute Gasteiger partial charge is 0.362 e. The number of hydrogen-bond donors (Lipinski definition) is 4. The molecule has 1 aromatic heterocycles. The number of allylic oxidation sites excluding steroid dienone is 1. The van der Waals surface area contributed by atoms with E-state index in [1.165, 1.54) is 12.3 Å². The maximum absolute atomic E-state index is 13.4. The minimum atomic E-state index is -4.65. The van der Waals surface area contributed by atoms with Crippen LogP contribution in [0, 0.1) is 0 Å². The third-order valence-electron chi connectivity index (χ3n) is 5.20. The Morgan fingerprint density at radius 3 is 2.49 bits per heavy atom.